The molecule has 1 aromatic rings. The molecule has 0 aromatic heterocycles. The van der Waals surface area contributed by atoms with Crippen molar-refractivity contribution in [2.45, 2.75) is 13.0 Å². The van der Waals surface area contributed by atoms with Crippen LogP contribution in [0.25, 0.3) is 0 Å². The lowest BCUT2D eigenvalue weighted by molar-refractivity contribution is -0.141. The van der Waals surface area contributed by atoms with Crippen LogP contribution in [0.15, 0.2) is 12.1 Å². The number of carboxylic acid groups (broad SMARTS) is 1. The van der Waals surface area contributed by atoms with Gasteiger partial charge in [-0.25, -0.2) is 18.0 Å². The predicted octanol–water partition coefficient (Wildman–Crippen LogP) is 1.11. The Hall–Kier alpha value is -2.25. The Balaban J connectivity index is 2.74. The van der Waals surface area contributed by atoms with Gasteiger partial charge in [-0.15, -0.1) is 0 Å². The largest absolute Gasteiger partial charge is 0.480 e. The van der Waals surface area contributed by atoms with E-state index in [1.807, 2.05) is 0 Å². The van der Waals surface area contributed by atoms with Gasteiger partial charge in [-0.2, -0.15) is 0 Å². The van der Waals surface area contributed by atoms with Gasteiger partial charge in [0.2, 0.25) is 5.91 Å². The van der Waals surface area contributed by atoms with Gasteiger partial charge in [-0.1, -0.05) is 0 Å². The van der Waals surface area contributed by atoms with Gasteiger partial charge in [0.1, 0.15) is 6.04 Å². The van der Waals surface area contributed by atoms with Crippen LogP contribution >= 0.6 is 0 Å². The molecular formula is C11H11F3N2O3. The minimum atomic E-state index is -1.61. The molecule has 1 unspecified atom stereocenters. The van der Waals surface area contributed by atoms with Crippen molar-refractivity contribution in [2.75, 3.05) is 11.9 Å². The molecule has 1 atom stereocenters. The van der Waals surface area contributed by atoms with Crippen molar-refractivity contribution < 1.29 is 27.9 Å². The van der Waals surface area contributed by atoms with Crippen molar-refractivity contribution in [3.8, 4) is 0 Å². The van der Waals surface area contributed by atoms with Crippen LogP contribution in [0, 0.1) is 17.5 Å². The Kier molecular flexibility index (Phi) is 4.74. The number of hydrogen-bond acceptors (Lipinski definition) is 3. The first-order valence-electron chi connectivity index (χ1n) is 5.19. The van der Waals surface area contributed by atoms with Gasteiger partial charge in [-0.3, -0.25) is 4.79 Å². The number of carboxylic acids is 1. The van der Waals surface area contributed by atoms with Crippen molar-refractivity contribution in [3.05, 3.63) is 29.6 Å². The van der Waals surface area contributed by atoms with Crippen LogP contribution in [0.3, 0.4) is 0 Å². The number of halogens is 3. The maximum Gasteiger partial charge on any atom is 0.328 e. The average Bonchev–Trinajstić information content (AvgIpc) is 2.30. The molecule has 104 valence electrons. The lowest BCUT2D eigenvalue weighted by atomic mass is 10.2. The second-order valence-corrected chi connectivity index (χ2v) is 3.73. The second kappa shape index (κ2) is 6.07. The highest BCUT2D eigenvalue weighted by molar-refractivity contribution is 5.82. The molecule has 1 aromatic carbocycles. The summed E-state index contributed by atoms with van der Waals surface area (Å²) in [6.45, 7) is 0.826. The van der Waals surface area contributed by atoms with Crippen molar-refractivity contribution in [1.82, 2.24) is 5.32 Å². The Morgan fingerprint density at radius 2 is 1.79 bits per heavy atom. The number of carbonyl (C=O) groups excluding carboxylic acids is 1. The summed E-state index contributed by atoms with van der Waals surface area (Å²) in [6, 6.07) is 0.101. The minimum absolute atomic E-state index is 0.131. The minimum Gasteiger partial charge on any atom is -0.480 e. The van der Waals surface area contributed by atoms with Gasteiger partial charge in [0.05, 0.1) is 0 Å². The van der Waals surface area contributed by atoms with Crippen LogP contribution in [-0.4, -0.2) is 29.6 Å². The number of nitrogens with one attached hydrogen (secondary N) is 2. The summed E-state index contributed by atoms with van der Waals surface area (Å²) in [5, 5.41) is 13.3. The van der Waals surface area contributed by atoms with Crippen LogP contribution < -0.4 is 10.6 Å². The molecule has 5 nitrogen and oxygen atoms in total. The molecule has 0 heterocycles. The SMILES string of the molecule is CC(=O)NC(CNc1cc(F)c(F)c(F)c1)C(=O)O. The number of amides is 1. The predicted molar refractivity (Wildman–Crippen MR) is 60.0 cm³/mol. The van der Waals surface area contributed by atoms with E-state index < -0.39 is 35.4 Å². The number of rotatable bonds is 5. The fourth-order valence-corrected chi connectivity index (χ4v) is 1.32. The zero-order chi connectivity index (χ0) is 14.6. The molecule has 0 saturated heterocycles. The molecule has 1 amide bonds. The van der Waals surface area contributed by atoms with E-state index in [2.05, 4.69) is 10.6 Å². The molecule has 8 heteroatoms. The molecule has 1 rings (SSSR count). The van der Waals surface area contributed by atoms with Crippen molar-refractivity contribution >= 4 is 17.6 Å². The summed E-state index contributed by atoms with van der Waals surface area (Å²) in [5.74, 6) is -6.28. The van der Waals surface area contributed by atoms with Gasteiger partial charge in [0, 0.05) is 31.3 Å². The van der Waals surface area contributed by atoms with Crippen LogP contribution in [0.5, 0.6) is 0 Å². The highest BCUT2D eigenvalue weighted by Gasteiger charge is 2.18. The highest BCUT2D eigenvalue weighted by atomic mass is 19.2. The Morgan fingerprint density at radius 3 is 2.21 bits per heavy atom. The van der Waals surface area contributed by atoms with E-state index in [0.717, 1.165) is 6.92 Å². The number of benzene rings is 1. The lowest BCUT2D eigenvalue weighted by Crippen LogP contribution is -2.44. The zero-order valence-electron chi connectivity index (χ0n) is 9.84. The first-order valence-corrected chi connectivity index (χ1v) is 5.19. The fraction of sp³-hybridized carbons (Fsp3) is 0.273. The molecule has 0 bridgehead atoms. The first kappa shape index (κ1) is 14.8. The third-order valence-electron chi connectivity index (χ3n) is 2.17. The number of anilines is 1. The van der Waals surface area contributed by atoms with E-state index >= 15 is 0 Å². The molecule has 0 aliphatic rings. The quantitative estimate of drug-likeness (QED) is 0.704. The molecule has 3 N–H and O–H groups in total. The number of carbonyl (C=O) groups is 2. The van der Waals surface area contributed by atoms with Crippen molar-refractivity contribution in [3.63, 3.8) is 0 Å². The summed E-state index contributed by atoms with van der Waals surface area (Å²) in [6.07, 6.45) is 0. The summed E-state index contributed by atoms with van der Waals surface area (Å²) in [5.41, 5.74) is -0.131. The van der Waals surface area contributed by atoms with E-state index in [9.17, 15) is 22.8 Å². The topological polar surface area (TPSA) is 78.4 Å². The number of hydrogen-bond donors (Lipinski definition) is 3. The zero-order valence-corrected chi connectivity index (χ0v) is 9.84. The first-order chi connectivity index (χ1) is 8.81. The third-order valence-corrected chi connectivity index (χ3v) is 2.17. The van der Waals surface area contributed by atoms with Crippen LogP contribution in [-0.2, 0) is 9.59 Å². The van der Waals surface area contributed by atoms with E-state index in [1.165, 1.54) is 0 Å². The van der Waals surface area contributed by atoms with Crippen LogP contribution in [0.4, 0.5) is 18.9 Å². The number of aliphatic carboxylic acids is 1. The summed E-state index contributed by atoms with van der Waals surface area (Å²) >= 11 is 0. The maximum atomic E-state index is 12.9. The molecular weight excluding hydrogens is 265 g/mol. The molecule has 19 heavy (non-hydrogen) atoms. The highest BCUT2D eigenvalue weighted by Crippen LogP contribution is 2.17. The Labute approximate surface area is 106 Å². The van der Waals surface area contributed by atoms with E-state index in [0.29, 0.717) is 12.1 Å². The molecule has 0 aliphatic heterocycles. The van der Waals surface area contributed by atoms with Gasteiger partial charge < -0.3 is 15.7 Å². The van der Waals surface area contributed by atoms with Gasteiger partial charge >= 0.3 is 5.97 Å². The van der Waals surface area contributed by atoms with Gasteiger partial charge in [-0.05, 0) is 0 Å². The van der Waals surface area contributed by atoms with E-state index in [-0.39, 0.29) is 12.2 Å². The molecule has 0 radical (unpaired) electrons. The third kappa shape index (κ3) is 4.16. The van der Waals surface area contributed by atoms with Gasteiger partial charge in [0.25, 0.3) is 0 Å². The van der Waals surface area contributed by atoms with Gasteiger partial charge in [0.15, 0.2) is 17.5 Å². The second-order valence-electron chi connectivity index (χ2n) is 3.73. The molecule has 0 fully saturated rings. The monoisotopic (exact) mass is 276 g/mol. The van der Waals surface area contributed by atoms with Crippen LogP contribution in [0.1, 0.15) is 6.92 Å². The summed E-state index contributed by atoms with van der Waals surface area (Å²) < 4.78 is 38.5. The lowest BCUT2D eigenvalue weighted by Gasteiger charge is -2.15. The standard InChI is InChI=1S/C11H11F3N2O3/c1-5(17)16-9(11(18)19)4-15-6-2-7(12)10(14)8(13)3-6/h2-3,9,15H,4H2,1H3,(H,16,17)(H,18,19). The normalized spacial score (nSPS) is 11.8. The van der Waals surface area contributed by atoms with E-state index in [1.54, 1.807) is 0 Å². The maximum absolute atomic E-state index is 12.9. The average molecular weight is 276 g/mol. The smallest absolute Gasteiger partial charge is 0.328 e. The van der Waals surface area contributed by atoms with Crippen molar-refractivity contribution in [2.24, 2.45) is 0 Å². The summed E-state index contributed by atoms with van der Waals surface area (Å²) in [4.78, 5) is 21.5. The molecule has 0 saturated carbocycles. The Bertz CT molecular complexity index is 485. The molecule has 0 aliphatic carbocycles. The fourth-order valence-electron chi connectivity index (χ4n) is 1.32. The Morgan fingerprint density at radius 1 is 1.26 bits per heavy atom. The van der Waals surface area contributed by atoms with Crippen molar-refractivity contribution in [1.29, 1.82) is 0 Å². The van der Waals surface area contributed by atoms with E-state index in [4.69, 9.17) is 5.11 Å². The van der Waals surface area contributed by atoms with Crippen LogP contribution in [0.2, 0.25) is 0 Å². The molecule has 0 spiro atoms. The summed E-state index contributed by atoms with van der Waals surface area (Å²) in [7, 11) is 0.